The maximum atomic E-state index is 12.3. The Balaban J connectivity index is 1.42. The predicted molar refractivity (Wildman–Crippen MR) is 92.4 cm³/mol. The summed E-state index contributed by atoms with van der Waals surface area (Å²) in [5.41, 5.74) is 2.12. The first kappa shape index (κ1) is 16.3. The van der Waals surface area contributed by atoms with Gasteiger partial charge in [0, 0.05) is 44.5 Å². The summed E-state index contributed by atoms with van der Waals surface area (Å²) in [6.45, 7) is 2.50. The normalized spacial score (nSPS) is 14.7. The molecule has 1 N–H and O–H groups in total. The number of rotatable bonds is 5. The van der Waals surface area contributed by atoms with Crippen molar-refractivity contribution >= 4 is 11.8 Å². The lowest BCUT2D eigenvalue weighted by atomic mass is 10.1. The zero-order chi connectivity index (χ0) is 16.8. The number of carbonyl (C=O) groups is 2. The van der Waals surface area contributed by atoms with Gasteiger partial charge in [-0.25, -0.2) is 0 Å². The summed E-state index contributed by atoms with van der Waals surface area (Å²) in [5, 5.41) is 0. The molecule has 1 aromatic carbocycles. The third-order valence-electron chi connectivity index (χ3n) is 4.46. The zero-order valence-electron chi connectivity index (χ0n) is 13.8. The summed E-state index contributed by atoms with van der Waals surface area (Å²) in [4.78, 5) is 31.4. The molecule has 126 valence electrons. The molecule has 0 radical (unpaired) electrons. The average Bonchev–Trinajstić information content (AvgIpc) is 3.13. The molecular formula is C19H23N3O2. The van der Waals surface area contributed by atoms with E-state index in [-0.39, 0.29) is 11.8 Å². The van der Waals surface area contributed by atoms with Crippen LogP contribution in [0.15, 0.2) is 48.7 Å². The third kappa shape index (κ3) is 4.25. The van der Waals surface area contributed by atoms with Crippen molar-refractivity contribution in [1.29, 1.82) is 0 Å². The number of aromatic nitrogens is 1. The van der Waals surface area contributed by atoms with Gasteiger partial charge in [-0.15, -0.1) is 0 Å². The van der Waals surface area contributed by atoms with Crippen molar-refractivity contribution < 1.29 is 9.59 Å². The molecular weight excluding hydrogens is 302 g/mol. The highest BCUT2D eigenvalue weighted by Gasteiger charge is 2.23. The number of benzene rings is 1. The number of nitrogens with one attached hydrogen (secondary N) is 1. The Morgan fingerprint density at radius 1 is 0.875 bits per heavy atom. The van der Waals surface area contributed by atoms with Crippen molar-refractivity contribution in [2.75, 3.05) is 26.2 Å². The van der Waals surface area contributed by atoms with Crippen LogP contribution in [0.4, 0.5) is 0 Å². The molecule has 1 aromatic heterocycles. The van der Waals surface area contributed by atoms with Crippen LogP contribution in [0.1, 0.15) is 17.7 Å². The lowest BCUT2D eigenvalue weighted by Gasteiger charge is -2.35. The second kappa shape index (κ2) is 7.81. The summed E-state index contributed by atoms with van der Waals surface area (Å²) in [6.07, 6.45) is 3.52. The number of carbonyl (C=O) groups excluding carboxylic acids is 2. The number of hydrogen-bond acceptors (Lipinski definition) is 2. The molecule has 24 heavy (non-hydrogen) atoms. The van der Waals surface area contributed by atoms with E-state index >= 15 is 0 Å². The number of nitrogens with zero attached hydrogens (tertiary/aromatic N) is 2. The van der Waals surface area contributed by atoms with Gasteiger partial charge >= 0.3 is 0 Å². The summed E-state index contributed by atoms with van der Waals surface area (Å²) >= 11 is 0. The minimum atomic E-state index is 0.119. The molecule has 0 unspecified atom stereocenters. The minimum absolute atomic E-state index is 0.119. The number of H-pyrrole nitrogens is 1. The smallest absolute Gasteiger partial charge is 0.228 e. The monoisotopic (exact) mass is 325 g/mol. The highest BCUT2D eigenvalue weighted by atomic mass is 16.2. The standard InChI is InChI=1S/C19H23N3O2/c23-18(9-8-16-5-2-1-3-6-16)21-11-13-22(14-12-21)19(24)15-17-7-4-10-20-17/h1-7,10,20H,8-9,11-15H2. The quantitative estimate of drug-likeness (QED) is 0.912. The van der Waals surface area contributed by atoms with Crippen molar-refractivity contribution in [2.24, 2.45) is 0 Å². The summed E-state index contributed by atoms with van der Waals surface area (Å²) < 4.78 is 0. The summed E-state index contributed by atoms with van der Waals surface area (Å²) in [6, 6.07) is 13.9. The molecule has 1 aliphatic rings. The molecule has 0 saturated carbocycles. The van der Waals surface area contributed by atoms with Crippen LogP contribution in [-0.4, -0.2) is 52.8 Å². The molecule has 5 heteroatoms. The van der Waals surface area contributed by atoms with Gasteiger partial charge in [0.2, 0.25) is 11.8 Å². The van der Waals surface area contributed by atoms with Gasteiger partial charge in [0.1, 0.15) is 0 Å². The van der Waals surface area contributed by atoms with E-state index in [0.29, 0.717) is 39.0 Å². The van der Waals surface area contributed by atoms with Crippen LogP contribution in [-0.2, 0) is 22.4 Å². The number of aryl methyl sites for hydroxylation is 1. The van der Waals surface area contributed by atoms with E-state index in [4.69, 9.17) is 0 Å². The molecule has 2 heterocycles. The lowest BCUT2D eigenvalue weighted by molar-refractivity contribution is -0.139. The van der Waals surface area contributed by atoms with E-state index in [1.54, 1.807) is 0 Å². The molecule has 2 amide bonds. The first-order chi connectivity index (χ1) is 11.7. The molecule has 0 atom stereocenters. The fourth-order valence-corrected chi connectivity index (χ4v) is 3.01. The molecule has 0 spiro atoms. The van der Waals surface area contributed by atoms with E-state index in [1.807, 2.05) is 58.5 Å². The van der Waals surface area contributed by atoms with E-state index in [0.717, 1.165) is 12.1 Å². The van der Waals surface area contributed by atoms with Crippen LogP contribution in [0.3, 0.4) is 0 Å². The third-order valence-corrected chi connectivity index (χ3v) is 4.46. The van der Waals surface area contributed by atoms with Gasteiger partial charge in [0.15, 0.2) is 0 Å². The highest BCUT2D eigenvalue weighted by Crippen LogP contribution is 2.09. The van der Waals surface area contributed by atoms with Gasteiger partial charge < -0.3 is 14.8 Å². The Morgan fingerprint density at radius 3 is 2.17 bits per heavy atom. The van der Waals surface area contributed by atoms with Gasteiger partial charge in [-0.05, 0) is 24.1 Å². The molecule has 2 aromatic rings. The molecule has 1 aliphatic heterocycles. The molecule has 5 nitrogen and oxygen atoms in total. The predicted octanol–water partition coefficient (Wildman–Crippen LogP) is 1.86. The molecule has 1 saturated heterocycles. The molecule has 0 aliphatic carbocycles. The van der Waals surface area contributed by atoms with Crippen LogP contribution in [0, 0.1) is 0 Å². The van der Waals surface area contributed by atoms with Crippen molar-refractivity contribution in [2.45, 2.75) is 19.3 Å². The van der Waals surface area contributed by atoms with Crippen molar-refractivity contribution in [3.63, 3.8) is 0 Å². The van der Waals surface area contributed by atoms with Crippen molar-refractivity contribution in [3.8, 4) is 0 Å². The fourth-order valence-electron chi connectivity index (χ4n) is 3.01. The first-order valence-electron chi connectivity index (χ1n) is 8.44. The van der Waals surface area contributed by atoms with Gasteiger partial charge in [0.25, 0.3) is 0 Å². The largest absolute Gasteiger partial charge is 0.365 e. The van der Waals surface area contributed by atoms with Gasteiger partial charge in [-0.2, -0.15) is 0 Å². The fraction of sp³-hybridized carbons (Fsp3) is 0.368. The van der Waals surface area contributed by atoms with Gasteiger partial charge in [-0.3, -0.25) is 9.59 Å². The number of aromatic amines is 1. The molecule has 3 rings (SSSR count). The van der Waals surface area contributed by atoms with E-state index in [9.17, 15) is 9.59 Å². The van der Waals surface area contributed by atoms with Crippen LogP contribution in [0.25, 0.3) is 0 Å². The summed E-state index contributed by atoms with van der Waals surface area (Å²) in [5.74, 6) is 0.296. The zero-order valence-corrected chi connectivity index (χ0v) is 13.8. The first-order valence-corrected chi connectivity index (χ1v) is 8.44. The lowest BCUT2D eigenvalue weighted by Crippen LogP contribution is -2.51. The topological polar surface area (TPSA) is 56.4 Å². The Bertz CT molecular complexity index is 659. The molecule has 1 fully saturated rings. The van der Waals surface area contributed by atoms with Crippen molar-refractivity contribution in [3.05, 3.63) is 59.9 Å². The van der Waals surface area contributed by atoms with Crippen LogP contribution >= 0.6 is 0 Å². The average molecular weight is 325 g/mol. The maximum Gasteiger partial charge on any atom is 0.228 e. The Labute approximate surface area is 142 Å². The number of hydrogen-bond donors (Lipinski definition) is 1. The minimum Gasteiger partial charge on any atom is -0.365 e. The van der Waals surface area contributed by atoms with E-state index in [2.05, 4.69) is 4.98 Å². The summed E-state index contributed by atoms with van der Waals surface area (Å²) in [7, 11) is 0. The maximum absolute atomic E-state index is 12.3. The van der Waals surface area contributed by atoms with E-state index in [1.165, 1.54) is 5.56 Å². The van der Waals surface area contributed by atoms with Crippen LogP contribution < -0.4 is 0 Å². The van der Waals surface area contributed by atoms with Gasteiger partial charge in [-0.1, -0.05) is 30.3 Å². The number of piperazine rings is 1. The highest BCUT2D eigenvalue weighted by molar-refractivity contribution is 5.79. The van der Waals surface area contributed by atoms with Crippen molar-refractivity contribution in [1.82, 2.24) is 14.8 Å². The van der Waals surface area contributed by atoms with E-state index < -0.39 is 0 Å². The SMILES string of the molecule is O=C(CCc1ccccc1)N1CCN(C(=O)Cc2ccc[nH]2)CC1. The second-order valence-corrected chi connectivity index (χ2v) is 6.12. The van der Waals surface area contributed by atoms with Crippen LogP contribution in [0.2, 0.25) is 0 Å². The Morgan fingerprint density at radius 2 is 1.54 bits per heavy atom. The van der Waals surface area contributed by atoms with Crippen LogP contribution in [0.5, 0.6) is 0 Å². The van der Waals surface area contributed by atoms with Gasteiger partial charge in [0.05, 0.1) is 6.42 Å². The molecule has 0 bridgehead atoms. The second-order valence-electron chi connectivity index (χ2n) is 6.12. The Kier molecular flexibility index (Phi) is 5.31. The Hall–Kier alpha value is -2.56. The number of amides is 2.